The smallest absolute Gasteiger partial charge is 0.00988 e. The van der Waals surface area contributed by atoms with Crippen LogP contribution in [0.1, 0.15) is 0 Å². The van der Waals surface area contributed by atoms with Crippen LogP contribution in [0.5, 0.6) is 0 Å². The lowest BCUT2D eigenvalue weighted by Gasteiger charge is -2.11. The Hall–Kier alpha value is -3.12. The molecule has 0 heteroatoms. The number of rotatable bonds is 1. The van der Waals surface area contributed by atoms with Gasteiger partial charge in [0.2, 0.25) is 0 Å². The molecule has 5 aromatic carbocycles. The lowest BCUT2D eigenvalue weighted by atomic mass is 9.92. The Kier molecular flexibility index (Phi) is 2.89. The summed E-state index contributed by atoms with van der Waals surface area (Å²) < 4.78 is 0. The van der Waals surface area contributed by atoms with Gasteiger partial charge >= 0.3 is 0 Å². The van der Waals surface area contributed by atoms with E-state index in [4.69, 9.17) is 0 Å². The van der Waals surface area contributed by atoms with Gasteiger partial charge in [-0.25, -0.2) is 0 Å². The topological polar surface area (TPSA) is 0 Å². The van der Waals surface area contributed by atoms with Crippen LogP contribution in [-0.4, -0.2) is 0 Å². The summed E-state index contributed by atoms with van der Waals surface area (Å²) >= 11 is 0. The predicted octanol–water partition coefficient (Wildman–Crippen LogP) is 6.61. The molecule has 0 aliphatic heterocycles. The normalized spacial score (nSPS) is 11.3. The van der Waals surface area contributed by atoms with Crippen LogP contribution in [0.25, 0.3) is 43.4 Å². The molecule has 0 aromatic heterocycles. The van der Waals surface area contributed by atoms with Crippen LogP contribution in [0, 0.1) is 6.07 Å². The van der Waals surface area contributed by atoms with Crippen LogP contribution in [0.2, 0.25) is 0 Å². The summed E-state index contributed by atoms with van der Waals surface area (Å²) in [7, 11) is 0. The van der Waals surface area contributed by atoms with Crippen molar-refractivity contribution in [3.8, 4) is 11.1 Å². The second kappa shape index (κ2) is 5.21. The highest BCUT2D eigenvalue weighted by atomic mass is 14.1. The minimum atomic E-state index is 1.23. The van der Waals surface area contributed by atoms with Crippen molar-refractivity contribution in [2.24, 2.45) is 0 Å². The molecule has 0 heterocycles. The third kappa shape index (κ3) is 2.00. The molecule has 24 heavy (non-hydrogen) atoms. The predicted molar refractivity (Wildman–Crippen MR) is 103 cm³/mol. The molecule has 0 saturated heterocycles. The molecule has 0 aliphatic rings. The Balaban J connectivity index is 1.89. The van der Waals surface area contributed by atoms with Crippen molar-refractivity contribution < 1.29 is 0 Å². The van der Waals surface area contributed by atoms with E-state index in [1.165, 1.54) is 43.4 Å². The van der Waals surface area contributed by atoms with E-state index in [2.05, 4.69) is 84.9 Å². The summed E-state index contributed by atoms with van der Waals surface area (Å²) in [5, 5.41) is 7.69. The van der Waals surface area contributed by atoms with Crippen LogP contribution in [0.3, 0.4) is 0 Å². The molecular weight excluding hydrogens is 288 g/mol. The first-order valence-corrected chi connectivity index (χ1v) is 8.21. The summed E-state index contributed by atoms with van der Waals surface area (Å²) in [6.45, 7) is 0. The Morgan fingerprint density at radius 2 is 1.33 bits per heavy atom. The van der Waals surface area contributed by atoms with Gasteiger partial charge in [-0.2, -0.15) is 0 Å². The molecule has 0 nitrogen and oxygen atoms in total. The molecule has 0 bridgehead atoms. The Morgan fingerprint density at radius 1 is 0.542 bits per heavy atom. The van der Waals surface area contributed by atoms with Crippen molar-refractivity contribution in [1.29, 1.82) is 0 Å². The van der Waals surface area contributed by atoms with Crippen molar-refractivity contribution in [2.75, 3.05) is 0 Å². The van der Waals surface area contributed by atoms with Crippen LogP contribution < -0.4 is 0 Å². The third-order valence-electron chi connectivity index (χ3n) is 4.76. The van der Waals surface area contributed by atoms with E-state index in [1.54, 1.807) is 0 Å². The van der Waals surface area contributed by atoms with E-state index in [-0.39, 0.29) is 0 Å². The van der Waals surface area contributed by atoms with Crippen molar-refractivity contribution in [3.05, 3.63) is 97.1 Å². The molecular formula is C24H15. The maximum atomic E-state index is 3.15. The van der Waals surface area contributed by atoms with Crippen LogP contribution in [0.4, 0.5) is 0 Å². The molecule has 0 amide bonds. The van der Waals surface area contributed by atoms with E-state index in [9.17, 15) is 0 Å². The largest absolute Gasteiger partial charge is 0.0616 e. The standard InChI is InChI=1S/C24H15/c1-2-8-18-15-20(14-13-17(18)7-1)24-16-19-9-3-4-10-21(19)22-11-5-6-12-23(22)24/h2-16H. The van der Waals surface area contributed by atoms with Crippen LogP contribution in [-0.2, 0) is 0 Å². The quantitative estimate of drug-likeness (QED) is 0.305. The fraction of sp³-hybridized carbons (Fsp3) is 0. The number of hydrogen-bond donors (Lipinski definition) is 0. The Morgan fingerprint density at radius 3 is 2.25 bits per heavy atom. The number of hydrogen-bond acceptors (Lipinski definition) is 0. The van der Waals surface area contributed by atoms with Crippen molar-refractivity contribution in [1.82, 2.24) is 0 Å². The summed E-state index contributed by atoms with van der Waals surface area (Å²) in [6.07, 6.45) is 0. The number of benzene rings is 5. The summed E-state index contributed by atoms with van der Waals surface area (Å²) in [6, 6.07) is 35.6. The van der Waals surface area contributed by atoms with Gasteiger partial charge in [-0.3, -0.25) is 0 Å². The highest BCUT2D eigenvalue weighted by molar-refractivity contribution is 6.14. The average Bonchev–Trinajstić information content (AvgIpc) is 2.67. The molecule has 0 spiro atoms. The molecule has 0 fully saturated rings. The molecule has 1 radical (unpaired) electrons. The SMILES string of the molecule is [c]1ccc2cc(-c3cc4ccccc4c4ccccc34)ccc2c1. The summed E-state index contributed by atoms with van der Waals surface area (Å²) in [4.78, 5) is 0. The molecule has 111 valence electrons. The first-order chi connectivity index (χ1) is 11.9. The lowest BCUT2D eigenvalue weighted by Crippen LogP contribution is -1.85. The molecule has 0 unspecified atom stereocenters. The van der Waals surface area contributed by atoms with Gasteiger partial charge in [-0.05, 0) is 67.7 Å². The van der Waals surface area contributed by atoms with E-state index >= 15 is 0 Å². The third-order valence-corrected chi connectivity index (χ3v) is 4.76. The van der Waals surface area contributed by atoms with Crippen molar-refractivity contribution >= 4 is 32.3 Å². The maximum absolute atomic E-state index is 3.15. The molecule has 0 atom stereocenters. The number of fused-ring (bicyclic) bond motifs is 4. The summed E-state index contributed by atoms with van der Waals surface area (Å²) in [5.41, 5.74) is 2.55. The van der Waals surface area contributed by atoms with E-state index in [0.29, 0.717) is 0 Å². The highest BCUT2D eigenvalue weighted by Gasteiger charge is 2.08. The van der Waals surface area contributed by atoms with Crippen molar-refractivity contribution in [3.63, 3.8) is 0 Å². The fourth-order valence-corrected chi connectivity index (χ4v) is 3.59. The van der Waals surface area contributed by atoms with Gasteiger partial charge in [-0.1, -0.05) is 72.8 Å². The molecule has 0 aliphatic carbocycles. The van der Waals surface area contributed by atoms with Gasteiger partial charge in [0.15, 0.2) is 0 Å². The zero-order chi connectivity index (χ0) is 15.9. The zero-order valence-electron chi connectivity index (χ0n) is 13.2. The zero-order valence-corrected chi connectivity index (χ0v) is 13.2. The minimum absolute atomic E-state index is 1.23. The lowest BCUT2D eigenvalue weighted by molar-refractivity contribution is 1.69. The van der Waals surface area contributed by atoms with Gasteiger partial charge in [0.25, 0.3) is 0 Å². The van der Waals surface area contributed by atoms with Crippen LogP contribution >= 0.6 is 0 Å². The van der Waals surface area contributed by atoms with E-state index < -0.39 is 0 Å². The molecule has 0 saturated carbocycles. The van der Waals surface area contributed by atoms with Crippen LogP contribution in [0.15, 0.2) is 91.0 Å². The van der Waals surface area contributed by atoms with E-state index in [1.807, 2.05) is 12.1 Å². The maximum Gasteiger partial charge on any atom is -0.00988 e. The molecule has 0 N–H and O–H groups in total. The molecule has 5 rings (SSSR count). The Bertz CT molecular complexity index is 1200. The summed E-state index contributed by atoms with van der Waals surface area (Å²) in [5.74, 6) is 0. The molecule has 5 aromatic rings. The van der Waals surface area contributed by atoms with Gasteiger partial charge in [0.05, 0.1) is 0 Å². The fourth-order valence-electron chi connectivity index (χ4n) is 3.59. The first kappa shape index (κ1) is 13.3. The minimum Gasteiger partial charge on any atom is -0.0616 e. The van der Waals surface area contributed by atoms with E-state index in [0.717, 1.165) is 0 Å². The monoisotopic (exact) mass is 303 g/mol. The second-order valence-electron chi connectivity index (χ2n) is 6.18. The Labute approximate surface area is 141 Å². The highest BCUT2D eigenvalue weighted by Crippen LogP contribution is 2.35. The van der Waals surface area contributed by atoms with Gasteiger partial charge < -0.3 is 0 Å². The second-order valence-corrected chi connectivity index (χ2v) is 6.18. The van der Waals surface area contributed by atoms with Gasteiger partial charge in [0, 0.05) is 0 Å². The average molecular weight is 303 g/mol. The van der Waals surface area contributed by atoms with Gasteiger partial charge in [-0.15, -0.1) is 0 Å². The van der Waals surface area contributed by atoms with Gasteiger partial charge in [0.1, 0.15) is 0 Å². The van der Waals surface area contributed by atoms with Crippen molar-refractivity contribution in [2.45, 2.75) is 0 Å². The first-order valence-electron chi connectivity index (χ1n) is 8.21.